The smallest absolute Gasteiger partial charge is 0.239 e. The average molecular weight is 508 g/mol. The zero-order chi connectivity index (χ0) is 25.4. The van der Waals surface area contributed by atoms with Crippen LogP contribution in [0, 0.1) is 11.6 Å². The van der Waals surface area contributed by atoms with E-state index in [0.29, 0.717) is 5.69 Å². The van der Waals surface area contributed by atoms with Gasteiger partial charge in [-0.05, 0) is 30.7 Å². The van der Waals surface area contributed by atoms with Gasteiger partial charge in [-0.15, -0.1) is 0 Å². The number of oxazole rings is 1. The molecule has 1 unspecified atom stereocenters. The van der Waals surface area contributed by atoms with Crippen LogP contribution < -0.4 is 10.5 Å². The molecule has 0 fully saturated rings. The summed E-state index contributed by atoms with van der Waals surface area (Å²) < 4.78 is 79.7. The molecule has 35 heavy (non-hydrogen) atoms. The molecule has 1 aliphatic rings. The lowest BCUT2D eigenvalue weighted by atomic mass is 9.92. The lowest BCUT2D eigenvalue weighted by Gasteiger charge is -2.34. The first-order valence-electron chi connectivity index (χ1n) is 9.99. The highest BCUT2D eigenvalue weighted by atomic mass is 32.2. The molecule has 1 aliphatic heterocycles. The minimum atomic E-state index is -3.94. The van der Waals surface area contributed by atoms with Crippen molar-refractivity contribution < 1.29 is 30.7 Å². The largest absolute Gasteiger partial charge is 0.470 e. The van der Waals surface area contributed by atoms with Crippen molar-refractivity contribution in [1.29, 1.82) is 0 Å². The second kappa shape index (κ2) is 9.02. The van der Waals surface area contributed by atoms with Gasteiger partial charge < -0.3 is 14.9 Å². The van der Waals surface area contributed by atoms with Gasteiger partial charge in [0.05, 0.1) is 18.1 Å². The fourth-order valence-electron chi connectivity index (χ4n) is 3.36. The number of sulfonamides is 1. The molecular formula is C21H19F3N6O4S. The van der Waals surface area contributed by atoms with Gasteiger partial charge >= 0.3 is 0 Å². The fraction of sp³-hybridized carbons (Fsp3) is 0.238. The maximum absolute atomic E-state index is 14.8. The molecule has 0 bridgehead atoms. The Morgan fingerprint density at radius 1 is 1.29 bits per heavy atom. The summed E-state index contributed by atoms with van der Waals surface area (Å²) in [6, 6.07) is 1.87. The first-order valence-corrected chi connectivity index (χ1v) is 11.6. The van der Waals surface area contributed by atoms with Crippen LogP contribution in [0.1, 0.15) is 29.4 Å². The number of halogens is 3. The molecule has 14 heteroatoms. The summed E-state index contributed by atoms with van der Waals surface area (Å²) in [4.78, 5) is 15.8. The monoisotopic (exact) mass is 508 g/mol. The van der Waals surface area contributed by atoms with E-state index in [1.54, 1.807) is 0 Å². The highest BCUT2D eigenvalue weighted by Gasteiger charge is 2.42. The molecule has 0 saturated heterocycles. The van der Waals surface area contributed by atoms with Crippen LogP contribution in [0.25, 0.3) is 11.9 Å². The summed E-state index contributed by atoms with van der Waals surface area (Å²) in [5, 5.41) is 0. The Hall–Kier alpha value is -3.94. The third-order valence-electron chi connectivity index (χ3n) is 5.21. The third kappa shape index (κ3) is 4.96. The van der Waals surface area contributed by atoms with Crippen LogP contribution in [-0.4, -0.2) is 46.4 Å². The molecule has 2 N–H and O–H groups in total. The number of rotatable bonds is 6. The molecule has 0 saturated carbocycles. The molecule has 0 spiro atoms. The van der Waals surface area contributed by atoms with Crippen LogP contribution in [-0.2, 0) is 22.2 Å². The summed E-state index contributed by atoms with van der Waals surface area (Å²) in [7, 11) is -2.74. The highest BCUT2D eigenvalue weighted by Crippen LogP contribution is 2.35. The minimum Gasteiger partial charge on any atom is -0.470 e. The Kier molecular flexibility index (Phi) is 6.23. The van der Waals surface area contributed by atoms with Crippen LogP contribution in [0.5, 0.6) is 5.88 Å². The van der Waals surface area contributed by atoms with E-state index in [0.717, 1.165) is 28.7 Å². The van der Waals surface area contributed by atoms with E-state index < -0.39 is 38.8 Å². The van der Waals surface area contributed by atoms with Crippen LogP contribution in [0.3, 0.4) is 0 Å². The number of benzene rings is 1. The summed E-state index contributed by atoms with van der Waals surface area (Å²) in [5.74, 6) is -4.46. The summed E-state index contributed by atoms with van der Waals surface area (Å²) in [5.41, 5.74) is 3.80. The molecule has 184 valence electrons. The third-order valence-corrected chi connectivity index (χ3v) is 7.16. The molecule has 4 rings (SSSR count). The Labute approximate surface area is 198 Å². The van der Waals surface area contributed by atoms with Gasteiger partial charge in [-0.3, -0.25) is 0 Å². The minimum absolute atomic E-state index is 0.0672. The summed E-state index contributed by atoms with van der Waals surface area (Å²) >= 11 is 0. The van der Waals surface area contributed by atoms with E-state index in [2.05, 4.69) is 19.9 Å². The van der Waals surface area contributed by atoms with Crippen molar-refractivity contribution in [1.82, 2.24) is 19.3 Å². The SMILES string of the molecule is CN1C(N)=NC(C)(c2cc(C=C(F)c3cnc(OCc4cocn4)cn3)cc(F)c2F)CS1(=O)=O. The second-order valence-electron chi connectivity index (χ2n) is 7.83. The van der Waals surface area contributed by atoms with Gasteiger partial charge in [-0.2, -0.15) is 0 Å². The van der Waals surface area contributed by atoms with Gasteiger partial charge in [0.2, 0.25) is 21.9 Å². The molecule has 0 amide bonds. The number of hydrogen-bond donors (Lipinski definition) is 1. The van der Waals surface area contributed by atoms with Crippen LogP contribution >= 0.6 is 0 Å². The van der Waals surface area contributed by atoms with Crippen molar-refractivity contribution in [3.63, 3.8) is 0 Å². The average Bonchev–Trinajstić information content (AvgIpc) is 3.32. The Morgan fingerprint density at radius 2 is 2.06 bits per heavy atom. The topological polar surface area (TPSA) is 137 Å². The van der Waals surface area contributed by atoms with E-state index in [4.69, 9.17) is 14.9 Å². The van der Waals surface area contributed by atoms with E-state index in [1.165, 1.54) is 32.8 Å². The lowest BCUT2D eigenvalue weighted by molar-refractivity contribution is 0.287. The molecular weight excluding hydrogens is 489 g/mol. The van der Waals surface area contributed by atoms with E-state index in [1.807, 2.05) is 0 Å². The van der Waals surface area contributed by atoms with Crippen LogP contribution in [0.4, 0.5) is 13.2 Å². The van der Waals surface area contributed by atoms with Gasteiger partial charge in [0, 0.05) is 12.6 Å². The maximum atomic E-state index is 14.8. The highest BCUT2D eigenvalue weighted by molar-refractivity contribution is 7.89. The number of nitrogens with two attached hydrogens (primary N) is 1. The predicted molar refractivity (Wildman–Crippen MR) is 119 cm³/mol. The van der Waals surface area contributed by atoms with E-state index in [9.17, 15) is 21.6 Å². The van der Waals surface area contributed by atoms with Crippen molar-refractivity contribution in [2.45, 2.75) is 19.1 Å². The molecule has 10 nitrogen and oxygen atoms in total. The summed E-state index contributed by atoms with van der Waals surface area (Å²) in [6.07, 6.45) is 5.82. The Morgan fingerprint density at radius 3 is 2.69 bits per heavy atom. The predicted octanol–water partition coefficient (Wildman–Crippen LogP) is 2.59. The van der Waals surface area contributed by atoms with Crippen molar-refractivity contribution in [3.8, 4) is 5.88 Å². The van der Waals surface area contributed by atoms with Gasteiger partial charge in [0.15, 0.2) is 23.9 Å². The molecule has 1 atom stereocenters. The van der Waals surface area contributed by atoms with Crippen LogP contribution in [0.15, 0.2) is 46.6 Å². The van der Waals surface area contributed by atoms with E-state index in [-0.39, 0.29) is 35.3 Å². The molecule has 3 heterocycles. The lowest BCUT2D eigenvalue weighted by Crippen LogP contribution is -2.50. The first kappa shape index (κ1) is 24.2. The zero-order valence-electron chi connectivity index (χ0n) is 18.4. The van der Waals surface area contributed by atoms with Gasteiger partial charge in [-0.1, -0.05) is 0 Å². The number of nitrogens with zero attached hydrogens (tertiary/aromatic N) is 5. The molecule has 1 aromatic carbocycles. The fourth-order valence-corrected chi connectivity index (χ4v) is 4.81. The number of aromatic nitrogens is 3. The van der Waals surface area contributed by atoms with Gasteiger partial charge in [-0.25, -0.2) is 45.8 Å². The molecule has 3 aromatic rings. The number of hydrogen-bond acceptors (Lipinski definition) is 9. The number of guanidine groups is 1. The van der Waals surface area contributed by atoms with Crippen molar-refractivity contribution >= 4 is 27.9 Å². The Bertz CT molecular complexity index is 1410. The van der Waals surface area contributed by atoms with Crippen LogP contribution in [0.2, 0.25) is 0 Å². The molecule has 0 aliphatic carbocycles. The van der Waals surface area contributed by atoms with Crippen molar-refractivity contribution in [2.24, 2.45) is 10.7 Å². The summed E-state index contributed by atoms with van der Waals surface area (Å²) in [6.45, 7) is 1.37. The number of ether oxygens (including phenoxy) is 1. The molecule has 2 aromatic heterocycles. The van der Waals surface area contributed by atoms with Crippen molar-refractivity contribution in [3.05, 3.63) is 71.3 Å². The second-order valence-corrected chi connectivity index (χ2v) is 9.83. The standard InChI is InChI=1S/C21H19F3N6O4S/c1-21(10-35(31,32)30(2)20(25)29-21)14-3-12(5-16(23)19(14)24)4-15(22)17-6-27-18(7-26-17)34-9-13-8-33-11-28-13/h3-8,11H,9-10H2,1-2H3,(H2,25,29). The molecule has 0 radical (unpaired) electrons. The maximum Gasteiger partial charge on any atom is 0.239 e. The number of aliphatic imine (C=N–C) groups is 1. The quantitative estimate of drug-likeness (QED) is 0.537. The first-order chi connectivity index (χ1) is 16.5. The zero-order valence-corrected chi connectivity index (χ0v) is 19.3. The van der Waals surface area contributed by atoms with Gasteiger partial charge in [0.25, 0.3) is 0 Å². The van der Waals surface area contributed by atoms with E-state index >= 15 is 0 Å². The van der Waals surface area contributed by atoms with Crippen molar-refractivity contribution in [2.75, 3.05) is 12.8 Å². The van der Waals surface area contributed by atoms with Gasteiger partial charge in [0.1, 0.15) is 29.8 Å². The Balaban J connectivity index is 1.62. The normalized spacial score (nSPS) is 20.0.